The van der Waals surface area contributed by atoms with Crippen LogP contribution in [0.4, 0.5) is 10.5 Å². The van der Waals surface area contributed by atoms with E-state index in [1.165, 1.54) is 5.56 Å². The van der Waals surface area contributed by atoms with Gasteiger partial charge in [0.1, 0.15) is 0 Å². The standard InChI is InChI=1S/C14H22N4O.ClH/c1-5-6-16-13(15)18-14(19)17-12-10(3)7-9(2)8-11(12)4;/h7-8H,5-6H2,1-4H3,(H4,15,16,17,18,19);1H. The highest BCUT2D eigenvalue weighted by atomic mass is 35.5. The maximum absolute atomic E-state index is 11.8. The first-order valence-corrected chi connectivity index (χ1v) is 6.39. The van der Waals surface area contributed by atoms with Gasteiger partial charge in [-0.15, -0.1) is 12.4 Å². The van der Waals surface area contributed by atoms with Crippen molar-refractivity contribution in [2.24, 2.45) is 10.7 Å². The Morgan fingerprint density at radius 1 is 1.25 bits per heavy atom. The van der Waals surface area contributed by atoms with Gasteiger partial charge in [-0.1, -0.05) is 24.6 Å². The SMILES string of the molecule is CCCN=C(N)NC(=O)Nc1c(C)cc(C)cc1C.Cl. The van der Waals surface area contributed by atoms with Crippen LogP contribution in [0.15, 0.2) is 17.1 Å². The van der Waals surface area contributed by atoms with Gasteiger partial charge in [0.05, 0.1) is 0 Å². The molecule has 0 unspecified atom stereocenters. The van der Waals surface area contributed by atoms with Crippen molar-refractivity contribution in [2.45, 2.75) is 34.1 Å². The number of halogens is 1. The third-order valence-electron chi connectivity index (χ3n) is 2.66. The van der Waals surface area contributed by atoms with Gasteiger partial charge >= 0.3 is 6.03 Å². The summed E-state index contributed by atoms with van der Waals surface area (Å²) in [6.07, 6.45) is 0.889. The molecule has 0 aliphatic rings. The number of benzene rings is 1. The first kappa shape index (κ1) is 18.2. The van der Waals surface area contributed by atoms with E-state index in [0.717, 1.165) is 23.2 Å². The molecule has 0 aliphatic heterocycles. The number of carbonyl (C=O) groups excluding carboxylic acids is 1. The van der Waals surface area contributed by atoms with Crippen molar-refractivity contribution < 1.29 is 4.79 Å². The minimum atomic E-state index is -0.368. The number of amides is 2. The van der Waals surface area contributed by atoms with Crippen LogP contribution >= 0.6 is 12.4 Å². The third-order valence-corrected chi connectivity index (χ3v) is 2.66. The summed E-state index contributed by atoms with van der Waals surface area (Å²) in [6.45, 7) is 8.55. The van der Waals surface area contributed by atoms with E-state index in [4.69, 9.17) is 5.73 Å². The molecule has 0 bridgehead atoms. The second-order valence-corrected chi connectivity index (χ2v) is 4.62. The number of nitrogens with zero attached hydrogens (tertiary/aromatic N) is 1. The molecular formula is C14H23ClN4O. The fraction of sp³-hybridized carbons (Fsp3) is 0.429. The lowest BCUT2D eigenvalue weighted by Crippen LogP contribution is -2.40. The Bertz CT molecular complexity index is 477. The van der Waals surface area contributed by atoms with Gasteiger partial charge < -0.3 is 11.1 Å². The Labute approximate surface area is 126 Å². The molecule has 0 atom stereocenters. The summed E-state index contributed by atoms with van der Waals surface area (Å²) in [7, 11) is 0. The lowest BCUT2D eigenvalue weighted by atomic mass is 10.1. The molecule has 6 heteroatoms. The molecule has 20 heavy (non-hydrogen) atoms. The lowest BCUT2D eigenvalue weighted by molar-refractivity contribution is 0.256. The van der Waals surface area contributed by atoms with Crippen molar-refractivity contribution in [1.82, 2.24) is 5.32 Å². The van der Waals surface area contributed by atoms with E-state index < -0.39 is 0 Å². The number of rotatable bonds is 3. The molecule has 0 aromatic heterocycles. The molecule has 4 N–H and O–H groups in total. The fourth-order valence-corrected chi connectivity index (χ4v) is 1.91. The number of anilines is 1. The molecule has 2 amide bonds. The zero-order valence-electron chi connectivity index (χ0n) is 12.4. The molecule has 1 rings (SSSR count). The summed E-state index contributed by atoms with van der Waals surface area (Å²) >= 11 is 0. The minimum absolute atomic E-state index is 0. The number of carbonyl (C=O) groups is 1. The maximum Gasteiger partial charge on any atom is 0.326 e. The van der Waals surface area contributed by atoms with Crippen LogP contribution in [0, 0.1) is 20.8 Å². The first-order chi connectivity index (χ1) is 8.93. The second-order valence-electron chi connectivity index (χ2n) is 4.62. The number of aryl methyl sites for hydroxylation is 3. The van der Waals surface area contributed by atoms with Gasteiger partial charge in [0, 0.05) is 12.2 Å². The van der Waals surface area contributed by atoms with Crippen molar-refractivity contribution in [3.63, 3.8) is 0 Å². The molecule has 1 aromatic carbocycles. The van der Waals surface area contributed by atoms with Gasteiger partial charge in [0.15, 0.2) is 5.96 Å². The molecule has 0 aliphatic carbocycles. The molecule has 0 radical (unpaired) electrons. The van der Waals surface area contributed by atoms with Crippen molar-refractivity contribution >= 4 is 30.1 Å². The van der Waals surface area contributed by atoms with Crippen molar-refractivity contribution in [3.8, 4) is 0 Å². The third kappa shape index (κ3) is 5.48. The smallest absolute Gasteiger partial charge is 0.326 e. The zero-order chi connectivity index (χ0) is 14.4. The van der Waals surface area contributed by atoms with Crippen molar-refractivity contribution in [2.75, 3.05) is 11.9 Å². The summed E-state index contributed by atoms with van der Waals surface area (Å²) < 4.78 is 0. The topological polar surface area (TPSA) is 79.5 Å². The van der Waals surface area contributed by atoms with E-state index in [2.05, 4.69) is 15.6 Å². The highest BCUT2D eigenvalue weighted by Crippen LogP contribution is 2.21. The Balaban J connectivity index is 0.00000361. The Morgan fingerprint density at radius 2 is 1.80 bits per heavy atom. The Morgan fingerprint density at radius 3 is 2.30 bits per heavy atom. The minimum Gasteiger partial charge on any atom is -0.370 e. The van der Waals surface area contributed by atoms with Gasteiger partial charge in [-0.3, -0.25) is 10.3 Å². The van der Waals surface area contributed by atoms with E-state index in [0.29, 0.717) is 6.54 Å². The van der Waals surface area contributed by atoms with Crippen LogP contribution in [-0.2, 0) is 0 Å². The zero-order valence-corrected chi connectivity index (χ0v) is 13.2. The summed E-state index contributed by atoms with van der Waals surface area (Å²) in [4.78, 5) is 15.8. The van der Waals surface area contributed by atoms with Crippen LogP contribution < -0.4 is 16.4 Å². The summed E-state index contributed by atoms with van der Waals surface area (Å²) in [5.41, 5.74) is 9.62. The number of urea groups is 1. The average Bonchev–Trinajstić information content (AvgIpc) is 2.31. The predicted molar refractivity (Wildman–Crippen MR) is 86.8 cm³/mol. The number of hydrogen-bond acceptors (Lipinski definition) is 2. The monoisotopic (exact) mass is 298 g/mol. The van der Waals surface area contributed by atoms with Crippen LogP contribution in [0.5, 0.6) is 0 Å². The molecule has 0 spiro atoms. The second kappa shape index (κ2) is 8.43. The van der Waals surface area contributed by atoms with Gasteiger partial charge in [-0.2, -0.15) is 0 Å². The van der Waals surface area contributed by atoms with Gasteiger partial charge in [0.2, 0.25) is 0 Å². The van der Waals surface area contributed by atoms with E-state index >= 15 is 0 Å². The van der Waals surface area contributed by atoms with Crippen LogP contribution in [0.3, 0.4) is 0 Å². The highest BCUT2D eigenvalue weighted by Gasteiger charge is 2.08. The molecule has 0 heterocycles. The van der Waals surface area contributed by atoms with Crippen LogP contribution in [0.1, 0.15) is 30.0 Å². The number of aliphatic imine (C=N–C) groups is 1. The molecule has 0 saturated carbocycles. The summed E-state index contributed by atoms with van der Waals surface area (Å²) in [5.74, 6) is 0.141. The van der Waals surface area contributed by atoms with E-state index in [9.17, 15) is 4.79 Å². The van der Waals surface area contributed by atoms with Gasteiger partial charge in [-0.25, -0.2) is 4.79 Å². The highest BCUT2D eigenvalue weighted by molar-refractivity contribution is 6.02. The number of nitrogens with one attached hydrogen (secondary N) is 2. The van der Waals surface area contributed by atoms with Gasteiger partial charge in [0.25, 0.3) is 0 Å². The number of guanidine groups is 1. The molecule has 0 fully saturated rings. The van der Waals surface area contributed by atoms with E-state index in [-0.39, 0.29) is 24.4 Å². The van der Waals surface area contributed by atoms with Crippen molar-refractivity contribution in [1.29, 1.82) is 0 Å². The summed E-state index contributed by atoms with van der Waals surface area (Å²) in [6, 6.07) is 3.68. The molecule has 1 aromatic rings. The van der Waals surface area contributed by atoms with Crippen LogP contribution in [0.25, 0.3) is 0 Å². The molecular weight excluding hydrogens is 276 g/mol. The van der Waals surface area contributed by atoms with E-state index in [1.54, 1.807) is 0 Å². The maximum atomic E-state index is 11.8. The van der Waals surface area contributed by atoms with E-state index in [1.807, 2.05) is 39.8 Å². The normalized spacial score (nSPS) is 10.7. The molecule has 0 saturated heterocycles. The predicted octanol–water partition coefficient (Wildman–Crippen LogP) is 2.88. The first-order valence-electron chi connectivity index (χ1n) is 6.39. The fourth-order valence-electron chi connectivity index (χ4n) is 1.91. The quantitative estimate of drug-likeness (QED) is 0.592. The number of hydrogen-bond donors (Lipinski definition) is 3. The van der Waals surface area contributed by atoms with Crippen LogP contribution in [-0.4, -0.2) is 18.5 Å². The average molecular weight is 299 g/mol. The van der Waals surface area contributed by atoms with Crippen LogP contribution in [0.2, 0.25) is 0 Å². The molecule has 5 nitrogen and oxygen atoms in total. The Kier molecular flexibility index (Phi) is 7.69. The largest absolute Gasteiger partial charge is 0.370 e. The summed E-state index contributed by atoms with van der Waals surface area (Å²) in [5, 5.41) is 5.31. The lowest BCUT2D eigenvalue weighted by Gasteiger charge is -2.13. The molecule has 112 valence electrons. The van der Waals surface area contributed by atoms with Crippen molar-refractivity contribution in [3.05, 3.63) is 28.8 Å². The Hall–Kier alpha value is -1.75. The van der Waals surface area contributed by atoms with Gasteiger partial charge in [-0.05, 0) is 38.3 Å². The number of nitrogens with two attached hydrogens (primary N) is 1.